The normalized spacial score (nSPS) is 24.5. The Bertz CT molecular complexity index is 2340. The Labute approximate surface area is 475 Å². The molecular weight excluding hydrogens is 973 g/mol. The van der Waals surface area contributed by atoms with Gasteiger partial charge in [-0.25, -0.2) is 9.59 Å². The average molecular weight is 1090 g/mol. The van der Waals surface area contributed by atoms with E-state index in [4.69, 9.17) is 19.2 Å². The number of carbonyl (C=O) groups is 5. The van der Waals surface area contributed by atoms with Crippen molar-refractivity contribution in [2.75, 3.05) is 0 Å². The van der Waals surface area contributed by atoms with E-state index in [0.717, 1.165) is 25.7 Å². The zero-order chi connectivity index (χ0) is 59.6. The molecule has 4 unspecified atom stereocenters. The lowest BCUT2D eigenvalue weighted by Gasteiger charge is -2.50. The van der Waals surface area contributed by atoms with Gasteiger partial charge >= 0.3 is 17.9 Å². The van der Waals surface area contributed by atoms with Crippen molar-refractivity contribution in [1.29, 1.82) is 0 Å². The molecule has 0 spiro atoms. The maximum absolute atomic E-state index is 15.9. The van der Waals surface area contributed by atoms with Gasteiger partial charge < -0.3 is 18.8 Å². The van der Waals surface area contributed by atoms with Crippen molar-refractivity contribution >= 4 is 41.3 Å². The van der Waals surface area contributed by atoms with Crippen LogP contribution in [0.3, 0.4) is 0 Å². The summed E-state index contributed by atoms with van der Waals surface area (Å²) in [7, 11) is 0. The predicted octanol–water partition coefficient (Wildman–Crippen LogP) is 17.3. The summed E-state index contributed by atoms with van der Waals surface area (Å²) < 4.78 is 21.9. The van der Waals surface area contributed by atoms with Crippen molar-refractivity contribution in [3.63, 3.8) is 0 Å². The van der Waals surface area contributed by atoms with Gasteiger partial charge in [0, 0.05) is 53.5 Å². The summed E-state index contributed by atoms with van der Waals surface area (Å²) >= 11 is 0. The summed E-state index contributed by atoms with van der Waals surface area (Å²) in [6.45, 7) is 53.1. The van der Waals surface area contributed by atoms with E-state index < -0.39 is 34.8 Å². The summed E-state index contributed by atoms with van der Waals surface area (Å²) in [4.78, 5) is 80.1. The molecule has 2 saturated carbocycles. The molecule has 0 saturated heterocycles. The summed E-state index contributed by atoms with van der Waals surface area (Å²) in [5.74, 6) is -0.835. The van der Waals surface area contributed by atoms with Crippen molar-refractivity contribution in [3.8, 4) is 0 Å². The minimum Gasteiger partial charge on any atom is -0.458 e. The van der Waals surface area contributed by atoms with Crippen molar-refractivity contribution < 1.29 is 38.2 Å². The van der Waals surface area contributed by atoms with Crippen LogP contribution in [-0.2, 0) is 46.5 Å². The Morgan fingerprint density at radius 3 is 1.28 bits per heavy atom. The van der Waals surface area contributed by atoms with Gasteiger partial charge in [-0.3, -0.25) is 19.4 Å². The van der Waals surface area contributed by atoms with Gasteiger partial charge in [-0.05, 0) is 127 Å². The molecule has 1 aromatic rings. The topological polar surface area (TPSA) is 130 Å². The molecule has 4 atom stereocenters. The van der Waals surface area contributed by atoms with Crippen LogP contribution in [-0.4, -0.2) is 52.0 Å². The zero-order valence-electron chi connectivity index (χ0n) is 54.2. The van der Waals surface area contributed by atoms with E-state index in [2.05, 4.69) is 118 Å². The first kappa shape index (κ1) is 66.7. The van der Waals surface area contributed by atoms with E-state index in [9.17, 15) is 9.59 Å². The van der Waals surface area contributed by atoms with E-state index in [1.165, 1.54) is 6.92 Å². The lowest BCUT2D eigenvalue weighted by Crippen LogP contribution is -2.49. The molecule has 442 valence electrons. The largest absolute Gasteiger partial charge is 0.458 e. The molecule has 10 heteroatoms. The molecule has 2 heterocycles. The summed E-state index contributed by atoms with van der Waals surface area (Å²) in [6, 6.07) is 0. The second-order valence-electron chi connectivity index (χ2n) is 29.7. The highest BCUT2D eigenvalue weighted by atomic mass is 16.6. The lowest BCUT2D eigenvalue weighted by molar-refractivity contribution is -0.164. The average Bonchev–Trinajstić information content (AvgIpc) is 3.83. The van der Waals surface area contributed by atoms with Crippen LogP contribution >= 0.6 is 0 Å². The number of aromatic nitrogens is 1. The molecule has 78 heavy (non-hydrogen) atoms. The van der Waals surface area contributed by atoms with E-state index in [1.54, 1.807) is 0 Å². The Hall–Kier alpha value is -3.82. The van der Waals surface area contributed by atoms with Crippen LogP contribution in [0.15, 0.2) is 21.8 Å². The SMILES string of the molecule is CCC(CC)(CC)C(=O)CC1=N/C(=C\c2c(C(C)C)c(C(=O)OC3C(C(C)(C)C)CC(C)CC3C(C)(C)C)c(CC(=O)C(CC)(CC)CC)n2COC(C)=O)C(C(C)C)=C1C(=O)OC1C(C(C)(C)C)CC(C)CC1C(C)(C)C. The van der Waals surface area contributed by atoms with Crippen LogP contribution < -0.4 is 0 Å². The number of esters is 3. The number of ketones is 2. The number of allylic oxidation sites excluding steroid dienone is 1. The van der Waals surface area contributed by atoms with Gasteiger partial charge in [-0.15, -0.1) is 0 Å². The Morgan fingerprint density at radius 2 is 0.949 bits per heavy atom. The van der Waals surface area contributed by atoms with Gasteiger partial charge in [0.25, 0.3) is 0 Å². The van der Waals surface area contributed by atoms with Crippen LogP contribution in [0.4, 0.5) is 0 Å². The standard InChI is InChI=1S/C68H112N2O8/c1-26-67(27-2,28-3)53(72)37-50-57(61(74)77-59-45(63(14,15)16)32-42(11)33-46(59)64(17,18)19)55(40(7)8)49(69-50)36-51-56(41(9)10)58(52(70(51)39-76-44(13)71)38-54(73)68(29-4,30-5)31-6)62(75)78-60-47(65(20,21)22)34-43(12)35-48(60)66(23,24)25/h36,40-43,45-48,59-60H,26-35,37-39H2,1-25H3/b49-36-. The molecule has 0 radical (unpaired) electrons. The summed E-state index contributed by atoms with van der Waals surface area (Å²) in [5, 5.41) is 0. The zero-order valence-corrected chi connectivity index (χ0v) is 54.2. The van der Waals surface area contributed by atoms with E-state index in [-0.39, 0.29) is 94.4 Å². The van der Waals surface area contributed by atoms with E-state index in [0.29, 0.717) is 95.4 Å². The smallest absolute Gasteiger partial charge is 0.340 e. The van der Waals surface area contributed by atoms with Crippen LogP contribution in [0.1, 0.15) is 277 Å². The van der Waals surface area contributed by atoms with Gasteiger partial charge in [-0.2, -0.15) is 0 Å². The molecule has 1 aromatic heterocycles. The maximum atomic E-state index is 15.9. The fourth-order valence-electron chi connectivity index (χ4n) is 14.4. The first-order valence-electron chi connectivity index (χ1n) is 30.8. The van der Waals surface area contributed by atoms with Gasteiger partial charge in [0.2, 0.25) is 0 Å². The first-order valence-corrected chi connectivity index (χ1v) is 30.8. The summed E-state index contributed by atoms with van der Waals surface area (Å²) in [5.41, 5.74) is 1.84. The molecule has 1 aliphatic heterocycles. The number of aliphatic imine (C=N–C) groups is 1. The van der Waals surface area contributed by atoms with Crippen molar-refractivity contribution in [1.82, 2.24) is 4.57 Å². The summed E-state index contributed by atoms with van der Waals surface area (Å²) in [6.07, 6.45) is 8.48. The van der Waals surface area contributed by atoms with E-state index in [1.807, 2.05) is 59.1 Å². The van der Waals surface area contributed by atoms with Crippen LogP contribution in [0.2, 0.25) is 0 Å². The van der Waals surface area contributed by atoms with E-state index >= 15 is 14.4 Å². The fourth-order valence-corrected chi connectivity index (χ4v) is 14.4. The van der Waals surface area contributed by atoms with Gasteiger partial charge in [0.1, 0.15) is 23.8 Å². The second-order valence-corrected chi connectivity index (χ2v) is 29.7. The first-order chi connectivity index (χ1) is 35.8. The number of rotatable bonds is 21. The Balaban J connectivity index is 2.23. The van der Waals surface area contributed by atoms with Crippen LogP contribution in [0.5, 0.6) is 0 Å². The molecule has 0 bridgehead atoms. The van der Waals surface area contributed by atoms with Crippen molar-refractivity contribution in [2.24, 2.45) is 78.9 Å². The molecule has 2 fully saturated rings. The fraction of sp³-hybridized carbons (Fsp3) is 0.794. The second kappa shape index (κ2) is 25.5. The number of hydrogen-bond donors (Lipinski definition) is 0. The van der Waals surface area contributed by atoms with Gasteiger partial charge in [0.05, 0.1) is 34.7 Å². The van der Waals surface area contributed by atoms with Gasteiger partial charge in [0.15, 0.2) is 6.73 Å². The Kier molecular flexibility index (Phi) is 21.8. The quantitative estimate of drug-likeness (QED) is 0.0879. The minimum atomic E-state index is -0.651. The van der Waals surface area contributed by atoms with Crippen LogP contribution in [0, 0.1) is 73.9 Å². The lowest BCUT2D eigenvalue weighted by atomic mass is 9.59. The molecule has 0 amide bonds. The third-order valence-corrected chi connectivity index (χ3v) is 19.8. The number of ether oxygens (including phenoxy) is 3. The third-order valence-electron chi connectivity index (χ3n) is 19.8. The molecule has 3 aliphatic rings. The molecule has 4 rings (SSSR count). The predicted molar refractivity (Wildman–Crippen MR) is 320 cm³/mol. The van der Waals surface area contributed by atoms with Crippen LogP contribution in [0.25, 0.3) is 6.08 Å². The highest BCUT2D eigenvalue weighted by molar-refractivity contribution is 6.27. The molecule has 0 aromatic carbocycles. The highest BCUT2D eigenvalue weighted by Crippen LogP contribution is 2.53. The Morgan fingerprint density at radius 1 is 0.577 bits per heavy atom. The maximum Gasteiger partial charge on any atom is 0.340 e. The number of nitrogens with zero attached hydrogens (tertiary/aromatic N) is 2. The molecule has 0 N–H and O–H groups in total. The van der Waals surface area contributed by atoms with Crippen molar-refractivity contribution in [3.05, 3.63) is 39.4 Å². The number of Topliss-reactive ketones (excluding diaryl/α,β-unsaturated/α-hetero) is 2. The van der Waals surface area contributed by atoms with Gasteiger partial charge in [-0.1, -0.05) is 166 Å². The monoisotopic (exact) mass is 1080 g/mol. The van der Waals surface area contributed by atoms with Crippen molar-refractivity contribution in [2.45, 2.75) is 275 Å². The molecular formula is C68H112N2O8. The molecule has 2 aliphatic carbocycles. The molecule has 10 nitrogen and oxygen atoms in total. The number of carbonyl (C=O) groups excluding carboxylic acids is 5. The number of hydrogen-bond acceptors (Lipinski definition) is 9. The minimum absolute atomic E-state index is 0.00438. The highest BCUT2D eigenvalue weighted by Gasteiger charge is 2.51. The third kappa shape index (κ3) is 14.4.